The van der Waals surface area contributed by atoms with Gasteiger partial charge in [-0.2, -0.15) is 10.2 Å². The largest absolute Gasteiger partial charge is 0.482 e. The molecule has 134 valence electrons. The molecule has 0 bridgehead atoms. The Morgan fingerprint density at radius 1 is 1.15 bits per heavy atom. The number of hydrogen-bond donors (Lipinski definition) is 2. The van der Waals surface area contributed by atoms with Crippen LogP contribution in [-0.2, 0) is 6.61 Å². The average Bonchev–Trinajstić information content (AvgIpc) is 2.66. The van der Waals surface area contributed by atoms with E-state index in [4.69, 9.17) is 16.2 Å². The molecule has 0 atom stereocenters. The van der Waals surface area contributed by atoms with Gasteiger partial charge in [0.2, 0.25) is 5.95 Å². The molecule has 0 saturated carbocycles. The third kappa shape index (κ3) is 3.74. The summed E-state index contributed by atoms with van der Waals surface area (Å²) in [6.07, 6.45) is 0. The maximum absolute atomic E-state index is 11.5. The smallest absolute Gasteiger partial charge is 0.311 e. The first-order chi connectivity index (χ1) is 13.0. The van der Waals surface area contributed by atoms with Crippen molar-refractivity contribution >= 4 is 17.5 Å². The highest BCUT2D eigenvalue weighted by Gasteiger charge is 2.20. The summed E-state index contributed by atoms with van der Waals surface area (Å²) in [6, 6.07) is 15.4. The van der Waals surface area contributed by atoms with Crippen LogP contribution in [0.4, 0.5) is 17.5 Å². The van der Waals surface area contributed by atoms with Gasteiger partial charge in [0, 0.05) is 11.6 Å². The minimum absolute atomic E-state index is 0.00329. The second-order valence-electron chi connectivity index (χ2n) is 5.52. The van der Waals surface area contributed by atoms with E-state index in [9.17, 15) is 15.4 Å². The predicted octanol–water partition coefficient (Wildman–Crippen LogP) is 2.67. The Kier molecular flexibility index (Phi) is 4.81. The molecule has 0 aliphatic carbocycles. The molecule has 0 aliphatic rings. The topological polar surface area (TPSA) is 154 Å². The number of nitrogens with two attached hydrogens (primary N) is 2. The van der Waals surface area contributed by atoms with E-state index in [1.807, 2.05) is 36.4 Å². The second-order valence-corrected chi connectivity index (χ2v) is 5.52. The molecule has 27 heavy (non-hydrogen) atoms. The summed E-state index contributed by atoms with van der Waals surface area (Å²) in [6.45, 7) is 0.178. The number of benzene rings is 2. The third-order valence-electron chi connectivity index (χ3n) is 3.73. The fourth-order valence-electron chi connectivity index (χ4n) is 2.48. The molecule has 0 amide bonds. The van der Waals surface area contributed by atoms with Crippen molar-refractivity contribution in [2.24, 2.45) is 0 Å². The number of nitrogens with zero attached hydrogens (tertiary/aromatic N) is 4. The second kappa shape index (κ2) is 7.37. The molecule has 9 heteroatoms. The van der Waals surface area contributed by atoms with Gasteiger partial charge in [-0.05, 0) is 17.7 Å². The molecule has 3 aromatic rings. The van der Waals surface area contributed by atoms with Crippen LogP contribution in [0.15, 0.2) is 48.5 Å². The number of nitriles is 1. The van der Waals surface area contributed by atoms with Crippen molar-refractivity contribution in [1.82, 2.24) is 9.97 Å². The molecule has 9 nitrogen and oxygen atoms in total. The number of hydrogen-bond acceptors (Lipinski definition) is 8. The van der Waals surface area contributed by atoms with Crippen molar-refractivity contribution in [1.29, 1.82) is 5.26 Å². The van der Waals surface area contributed by atoms with Crippen molar-refractivity contribution in [2.75, 3.05) is 11.5 Å². The van der Waals surface area contributed by atoms with Gasteiger partial charge in [-0.15, -0.1) is 0 Å². The number of anilines is 2. The van der Waals surface area contributed by atoms with Crippen molar-refractivity contribution in [3.63, 3.8) is 0 Å². The molecule has 0 aliphatic heterocycles. The van der Waals surface area contributed by atoms with Gasteiger partial charge in [0.15, 0.2) is 5.75 Å². The quantitative estimate of drug-likeness (QED) is 0.518. The maximum atomic E-state index is 11.5. The van der Waals surface area contributed by atoms with E-state index in [0.717, 1.165) is 5.56 Å². The Labute approximate surface area is 154 Å². The lowest BCUT2D eigenvalue weighted by atomic mass is 10.1. The van der Waals surface area contributed by atoms with Gasteiger partial charge < -0.3 is 16.2 Å². The van der Waals surface area contributed by atoms with Gasteiger partial charge in [0.1, 0.15) is 24.1 Å². The monoisotopic (exact) mass is 362 g/mol. The van der Waals surface area contributed by atoms with Crippen molar-refractivity contribution in [2.45, 2.75) is 6.61 Å². The van der Waals surface area contributed by atoms with Gasteiger partial charge in [-0.1, -0.05) is 30.3 Å². The molecule has 0 saturated heterocycles. The van der Waals surface area contributed by atoms with Crippen LogP contribution >= 0.6 is 0 Å². The molecule has 0 unspecified atom stereocenters. The van der Waals surface area contributed by atoms with Crippen LogP contribution in [0, 0.1) is 21.4 Å². The fourth-order valence-corrected chi connectivity index (χ4v) is 2.48. The van der Waals surface area contributed by atoms with E-state index in [1.165, 1.54) is 12.1 Å². The van der Waals surface area contributed by atoms with Gasteiger partial charge in [-0.25, -0.2) is 4.98 Å². The van der Waals surface area contributed by atoms with Gasteiger partial charge in [0.25, 0.3) is 0 Å². The molecule has 4 N–H and O–H groups in total. The number of ether oxygens (including phenoxy) is 1. The first kappa shape index (κ1) is 17.6. The van der Waals surface area contributed by atoms with Gasteiger partial charge >= 0.3 is 5.69 Å². The van der Waals surface area contributed by atoms with E-state index in [0.29, 0.717) is 5.56 Å². The van der Waals surface area contributed by atoms with Crippen LogP contribution in [0.25, 0.3) is 11.3 Å². The number of nitro benzene ring substituents is 1. The molecular formula is C18H14N6O3. The summed E-state index contributed by atoms with van der Waals surface area (Å²) in [7, 11) is 0. The summed E-state index contributed by atoms with van der Waals surface area (Å²) in [5.74, 6) is -0.123. The third-order valence-corrected chi connectivity index (χ3v) is 3.73. The fraction of sp³-hybridized carbons (Fsp3) is 0.0556. The lowest BCUT2D eigenvalue weighted by Crippen LogP contribution is -2.05. The Balaban J connectivity index is 2.00. The van der Waals surface area contributed by atoms with E-state index < -0.39 is 4.92 Å². The summed E-state index contributed by atoms with van der Waals surface area (Å²) in [4.78, 5) is 18.6. The first-order valence-electron chi connectivity index (χ1n) is 7.78. The maximum Gasteiger partial charge on any atom is 0.311 e. The standard InChI is InChI=1S/C18H14N6O3/c19-9-13-16(22-18(21)23-17(13)20)12-6-7-15(14(8-12)24(25)26)27-10-11-4-2-1-3-5-11/h1-8H,10H2,(H4,20,21,22,23). The molecule has 2 aromatic carbocycles. The zero-order chi connectivity index (χ0) is 19.4. The zero-order valence-electron chi connectivity index (χ0n) is 14.0. The van der Waals surface area contributed by atoms with Crippen molar-refractivity contribution < 1.29 is 9.66 Å². The zero-order valence-corrected chi connectivity index (χ0v) is 14.0. The van der Waals surface area contributed by atoms with Crippen LogP contribution in [0.2, 0.25) is 0 Å². The highest BCUT2D eigenvalue weighted by Crippen LogP contribution is 2.34. The Morgan fingerprint density at radius 3 is 2.56 bits per heavy atom. The molecule has 1 aromatic heterocycles. The van der Waals surface area contributed by atoms with Crippen LogP contribution in [0.3, 0.4) is 0 Å². The van der Waals surface area contributed by atoms with Gasteiger partial charge in [0.05, 0.1) is 10.6 Å². The number of nitrogen functional groups attached to an aromatic ring is 2. The summed E-state index contributed by atoms with van der Waals surface area (Å²) in [5.41, 5.74) is 12.3. The predicted molar refractivity (Wildman–Crippen MR) is 98.4 cm³/mol. The molecule has 1 heterocycles. The molecular weight excluding hydrogens is 348 g/mol. The lowest BCUT2D eigenvalue weighted by molar-refractivity contribution is -0.385. The van der Waals surface area contributed by atoms with E-state index in [2.05, 4.69) is 9.97 Å². The van der Waals surface area contributed by atoms with Crippen molar-refractivity contribution in [3.05, 3.63) is 69.8 Å². The average molecular weight is 362 g/mol. The SMILES string of the molecule is N#Cc1c(N)nc(N)nc1-c1ccc(OCc2ccccc2)c([N+](=O)[O-])c1. The van der Waals surface area contributed by atoms with E-state index in [-0.39, 0.29) is 41.1 Å². The molecule has 0 radical (unpaired) electrons. The van der Waals surface area contributed by atoms with Crippen LogP contribution in [0.5, 0.6) is 5.75 Å². The van der Waals surface area contributed by atoms with Crippen molar-refractivity contribution in [3.8, 4) is 23.1 Å². The minimum Gasteiger partial charge on any atom is -0.482 e. The van der Waals surface area contributed by atoms with Crippen LogP contribution in [-0.4, -0.2) is 14.9 Å². The van der Waals surface area contributed by atoms with Gasteiger partial charge in [-0.3, -0.25) is 10.1 Å². The summed E-state index contributed by atoms with van der Waals surface area (Å²) >= 11 is 0. The summed E-state index contributed by atoms with van der Waals surface area (Å²) in [5, 5.41) is 20.8. The Hall–Kier alpha value is -4.19. The van der Waals surface area contributed by atoms with Crippen LogP contribution in [0.1, 0.15) is 11.1 Å². The molecule has 0 fully saturated rings. The highest BCUT2D eigenvalue weighted by molar-refractivity contribution is 5.75. The normalized spacial score (nSPS) is 10.2. The number of nitro groups is 1. The van der Waals surface area contributed by atoms with E-state index in [1.54, 1.807) is 6.07 Å². The first-order valence-corrected chi connectivity index (χ1v) is 7.78. The minimum atomic E-state index is -0.566. The van der Waals surface area contributed by atoms with Crippen LogP contribution < -0.4 is 16.2 Å². The van der Waals surface area contributed by atoms with E-state index >= 15 is 0 Å². The molecule has 3 rings (SSSR count). The Bertz CT molecular complexity index is 1050. The molecule has 0 spiro atoms. The lowest BCUT2D eigenvalue weighted by Gasteiger charge is -2.10. The number of rotatable bonds is 5. The highest BCUT2D eigenvalue weighted by atomic mass is 16.6. The number of aromatic nitrogens is 2. The summed E-state index contributed by atoms with van der Waals surface area (Å²) < 4.78 is 5.59. The Morgan fingerprint density at radius 2 is 1.89 bits per heavy atom.